The third kappa shape index (κ3) is 5.50. The van der Waals surface area contributed by atoms with Crippen molar-refractivity contribution < 1.29 is 5.11 Å². The van der Waals surface area contributed by atoms with E-state index < -0.39 is 0 Å². The molecule has 0 saturated heterocycles. The van der Waals surface area contributed by atoms with Gasteiger partial charge in [0, 0.05) is 24.3 Å². The maximum Gasteiger partial charge on any atom is 0.0632 e. The number of nitrogens with one attached hydrogen (secondary N) is 1. The van der Waals surface area contributed by atoms with Crippen LogP contribution >= 0.6 is 15.9 Å². The minimum Gasteiger partial charge on any atom is -0.394 e. The standard InChI is InChI=1S/C13H24BrN3O/c1-11(2)16-13(3,10-18)6-4-5-7-17-9-12(14)8-15-17/h8-9,11,16,18H,4-7,10H2,1-3H3. The van der Waals surface area contributed by atoms with Crippen LogP contribution in [0.15, 0.2) is 16.9 Å². The average molecular weight is 318 g/mol. The van der Waals surface area contributed by atoms with Crippen molar-refractivity contribution in [2.75, 3.05) is 6.61 Å². The lowest BCUT2D eigenvalue weighted by atomic mass is 9.95. The Balaban J connectivity index is 2.27. The van der Waals surface area contributed by atoms with E-state index in [0.717, 1.165) is 30.3 Å². The van der Waals surface area contributed by atoms with E-state index in [1.807, 2.05) is 10.9 Å². The molecule has 0 aromatic carbocycles. The third-order valence-electron chi connectivity index (χ3n) is 2.95. The van der Waals surface area contributed by atoms with Gasteiger partial charge < -0.3 is 10.4 Å². The first kappa shape index (κ1) is 15.7. The first-order valence-electron chi connectivity index (χ1n) is 6.52. The van der Waals surface area contributed by atoms with Crippen LogP contribution in [0.3, 0.4) is 0 Å². The lowest BCUT2D eigenvalue weighted by Gasteiger charge is -2.31. The van der Waals surface area contributed by atoms with Crippen LogP contribution in [0.1, 0.15) is 40.0 Å². The van der Waals surface area contributed by atoms with E-state index in [9.17, 15) is 5.11 Å². The van der Waals surface area contributed by atoms with Gasteiger partial charge in [0.05, 0.1) is 17.3 Å². The number of nitrogens with zero attached hydrogens (tertiary/aromatic N) is 2. The van der Waals surface area contributed by atoms with Crippen molar-refractivity contribution in [3.05, 3.63) is 16.9 Å². The fraction of sp³-hybridized carbons (Fsp3) is 0.769. The fourth-order valence-electron chi connectivity index (χ4n) is 2.14. The van der Waals surface area contributed by atoms with Crippen molar-refractivity contribution in [2.24, 2.45) is 0 Å². The van der Waals surface area contributed by atoms with E-state index in [0.29, 0.717) is 6.04 Å². The van der Waals surface area contributed by atoms with Crippen molar-refractivity contribution in [1.82, 2.24) is 15.1 Å². The molecule has 1 unspecified atom stereocenters. The molecule has 4 nitrogen and oxygen atoms in total. The summed E-state index contributed by atoms with van der Waals surface area (Å²) in [6.07, 6.45) is 6.91. The topological polar surface area (TPSA) is 50.1 Å². The zero-order valence-corrected chi connectivity index (χ0v) is 13.1. The van der Waals surface area contributed by atoms with E-state index in [2.05, 4.69) is 47.1 Å². The molecule has 1 atom stereocenters. The lowest BCUT2D eigenvalue weighted by molar-refractivity contribution is 0.153. The van der Waals surface area contributed by atoms with Gasteiger partial charge in [-0.2, -0.15) is 5.10 Å². The summed E-state index contributed by atoms with van der Waals surface area (Å²) < 4.78 is 2.96. The van der Waals surface area contributed by atoms with E-state index in [1.165, 1.54) is 0 Å². The van der Waals surface area contributed by atoms with Crippen LogP contribution in [0.2, 0.25) is 0 Å². The number of unbranched alkanes of at least 4 members (excludes halogenated alkanes) is 1. The Hall–Kier alpha value is -0.390. The number of aliphatic hydroxyl groups is 1. The number of rotatable bonds is 8. The molecule has 1 rings (SSSR count). The van der Waals surface area contributed by atoms with Gasteiger partial charge in [-0.1, -0.05) is 13.8 Å². The van der Waals surface area contributed by atoms with Gasteiger partial charge in [0.15, 0.2) is 0 Å². The van der Waals surface area contributed by atoms with Crippen LogP contribution < -0.4 is 5.32 Å². The first-order valence-corrected chi connectivity index (χ1v) is 7.31. The zero-order chi connectivity index (χ0) is 13.6. The first-order chi connectivity index (χ1) is 8.45. The predicted octanol–water partition coefficient (Wildman–Crippen LogP) is 2.56. The van der Waals surface area contributed by atoms with Gasteiger partial charge in [-0.05, 0) is 42.1 Å². The van der Waals surface area contributed by atoms with Crippen LogP contribution in [0, 0.1) is 0 Å². The Labute approximate surface area is 118 Å². The molecule has 0 spiro atoms. The third-order valence-corrected chi connectivity index (χ3v) is 3.36. The predicted molar refractivity (Wildman–Crippen MR) is 77.5 cm³/mol. The molecular formula is C13H24BrN3O. The molecule has 0 aliphatic heterocycles. The molecule has 104 valence electrons. The van der Waals surface area contributed by atoms with Crippen molar-refractivity contribution in [3.63, 3.8) is 0 Å². The Bertz CT molecular complexity index is 354. The summed E-state index contributed by atoms with van der Waals surface area (Å²) in [6, 6.07) is 0.393. The van der Waals surface area contributed by atoms with Gasteiger partial charge >= 0.3 is 0 Å². The summed E-state index contributed by atoms with van der Waals surface area (Å²) >= 11 is 3.38. The fourth-order valence-corrected chi connectivity index (χ4v) is 2.47. The highest BCUT2D eigenvalue weighted by Gasteiger charge is 2.22. The number of aliphatic hydroxyl groups excluding tert-OH is 1. The van der Waals surface area contributed by atoms with Crippen molar-refractivity contribution in [3.8, 4) is 0 Å². The second-order valence-electron chi connectivity index (χ2n) is 5.40. The maximum atomic E-state index is 9.47. The van der Waals surface area contributed by atoms with E-state index in [4.69, 9.17) is 0 Å². The molecule has 2 N–H and O–H groups in total. The molecule has 0 radical (unpaired) electrons. The molecule has 1 aromatic rings. The van der Waals surface area contributed by atoms with E-state index in [-0.39, 0.29) is 12.1 Å². The highest BCUT2D eigenvalue weighted by Crippen LogP contribution is 2.15. The number of aryl methyl sites for hydroxylation is 1. The van der Waals surface area contributed by atoms with Gasteiger partial charge in [-0.25, -0.2) is 0 Å². The number of hydrogen-bond donors (Lipinski definition) is 2. The Morgan fingerprint density at radius 3 is 2.72 bits per heavy atom. The van der Waals surface area contributed by atoms with Crippen LogP contribution in [0.5, 0.6) is 0 Å². The summed E-state index contributed by atoms with van der Waals surface area (Å²) in [5.41, 5.74) is -0.168. The SMILES string of the molecule is CC(C)NC(C)(CO)CCCCn1cc(Br)cn1. The van der Waals surface area contributed by atoms with Crippen LogP contribution in [-0.2, 0) is 6.54 Å². The molecule has 1 heterocycles. The van der Waals surface area contributed by atoms with E-state index in [1.54, 1.807) is 6.20 Å². The van der Waals surface area contributed by atoms with Crippen molar-refractivity contribution in [1.29, 1.82) is 0 Å². The summed E-state index contributed by atoms with van der Waals surface area (Å²) in [7, 11) is 0. The molecule has 0 aliphatic carbocycles. The smallest absolute Gasteiger partial charge is 0.0632 e. The summed E-state index contributed by atoms with van der Waals surface area (Å²) in [5.74, 6) is 0. The highest BCUT2D eigenvalue weighted by molar-refractivity contribution is 9.10. The number of aromatic nitrogens is 2. The van der Waals surface area contributed by atoms with Crippen molar-refractivity contribution in [2.45, 2.75) is 58.2 Å². The van der Waals surface area contributed by atoms with Gasteiger partial charge in [-0.3, -0.25) is 4.68 Å². The summed E-state index contributed by atoms with van der Waals surface area (Å²) in [5, 5.41) is 17.1. The van der Waals surface area contributed by atoms with Gasteiger partial charge in [0.25, 0.3) is 0 Å². The van der Waals surface area contributed by atoms with Crippen LogP contribution in [0.25, 0.3) is 0 Å². The molecule has 5 heteroatoms. The number of hydrogen-bond acceptors (Lipinski definition) is 3. The Kier molecular flexibility index (Phi) is 6.32. The molecule has 0 amide bonds. The lowest BCUT2D eigenvalue weighted by Crippen LogP contribution is -2.49. The minimum absolute atomic E-state index is 0.168. The van der Waals surface area contributed by atoms with Crippen LogP contribution in [0.4, 0.5) is 0 Å². The minimum atomic E-state index is -0.168. The molecule has 0 saturated carbocycles. The maximum absolute atomic E-state index is 9.47. The van der Waals surface area contributed by atoms with Gasteiger partial charge in [0.2, 0.25) is 0 Å². The monoisotopic (exact) mass is 317 g/mol. The molecule has 0 bridgehead atoms. The molecular weight excluding hydrogens is 294 g/mol. The Morgan fingerprint density at radius 1 is 1.50 bits per heavy atom. The average Bonchev–Trinajstić information content (AvgIpc) is 2.70. The molecule has 0 aliphatic rings. The van der Waals surface area contributed by atoms with E-state index >= 15 is 0 Å². The molecule has 18 heavy (non-hydrogen) atoms. The summed E-state index contributed by atoms with van der Waals surface area (Å²) in [6.45, 7) is 7.40. The largest absolute Gasteiger partial charge is 0.394 e. The van der Waals surface area contributed by atoms with Crippen LogP contribution in [-0.4, -0.2) is 33.1 Å². The number of halogens is 1. The zero-order valence-electron chi connectivity index (χ0n) is 11.5. The van der Waals surface area contributed by atoms with Crippen molar-refractivity contribution >= 4 is 15.9 Å². The Morgan fingerprint density at radius 2 is 2.22 bits per heavy atom. The second-order valence-corrected chi connectivity index (χ2v) is 6.31. The van der Waals surface area contributed by atoms with Gasteiger partial charge in [0.1, 0.15) is 0 Å². The normalized spacial score (nSPS) is 15.0. The molecule has 0 fully saturated rings. The second kappa shape index (κ2) is 7.26. The highest BCUT2D eigenvalue weighted by atomic mass is 79.9. The van der Waals surface area contributed by atoms with Gasteiger partial charge in [-0.15, -0.1) is 0 Å². The quantitative estimate of drug-likeness (QED) is 0.724. The molecule has 1 aromatic heterocycles. The summed E-state index contributed by atoms with van der Waals surface area (Å²) in [4.78, 5) is 0.